The first kappa shape index (κ1) is 7.98. The summed E-state index contributed by atoms with van der Waals surface area (Å²) in [6.45, 7) is 2.93. The lowest BCUT2D eigenvalue weighted by molar-refractivity contribution is -0.122. The van der Waals surface area contributed by atoms with Gasteiger partial charge in [0.05, 0.1) is 6.04 Å². The molecule has 1 spiro atoms. The van der Waals surface area contributed by atoms with E-state index in [9.17, 15) is 4.79 Å². The van der Waals surface area contributed by atoms with Crippen LogP contribution in [0, 0.1) is 17.3 Å². The van der Waals surface area contributed by atoms with Crippen LogP contribution >= 0.6 is 0 Å². The van der Waals surface area contributed by atoms with E-state index in [1.165, 1.54) is 25.8 Å². The number of likely N-dealkylation sites (tertiary alicyclic amines) is 1. The van der Waals surface area contributed by atoms with E-state index >= 15 is 0 Å². The predicted molar refractivity (Wildman–Crippen MR) is 50.4 cm³/mol. The molecule has 0 aromatic carbocycles. The quantitative estimate of drug-likeness (QED) is 0.605. The van der Waals surface area contributed by atoms with E-state index in [-0.39, 0.29) is 6.04 Å². The van der Waals surface area contributed by atoms with Crippen molar-refractivity contribution in [3.05, 3.63) is 0 Å². The molecule has 0 bridgehead atoms. The van der Waals surface area contributed by atoms with Gasteiger partial charge in [-0.3, -0.25) is 9.69 Å². The molecule has 1 heterocycles. The SMILES string of the molecule is CC(=O)[C@@H]1[C@@H]2[C@H](CN1C)C21CCC1. The number of piperidine rings is 1. The number of carbonyl (C=O) groups excluding carboxylic acids is 1. The van der Waals surface area contributed by atoms with E-state index in [1.807, 2.05) is 0 Å². The second-order valence-corrected chi connectivity index (χ2v) is 5.21. The van der Waals surface area contributed by atoms with Crippen molar-refractivity contribution in [1.82, 2.24) is 4.90 Å². The average Bonchev–Trinajstić information content (AvgIpc) is 2.45. The van der Waals surface area contributed by atoms with Crippen molar-refractivity contribution in [2.24, 2.45) is 17.3 Å². The Morgan fingerprint density at radius 1 is 1.46 bits per heavy atom. The van der Waals surface area contributed by atoms with Gasteiger partial charge in [0.1, 0.15) is 5.78 Å². The summed E-state index contributed by atoms with van der Waals surface area (Å²) in [4.78, 5) is 13.7. The van der Waals surface area contributed by atoms with Crippen LogP contribution in [-0.2, 0) is 4.79 Å². The summed E-state index contributed by atoms with van der Waals surface area (Å²) in [6.07, 6.45) is 4.21. The molecule has 1 saturated heterocycles. The van der Waals surface area contributed by atoms with Gasteiger partial charge in [0, 0.05) is 6.54 Å². The first-order valence-electron chi connectivity index (χ1n) is 5.37. The number of ketones is 1. The minimum Gasteiger partial charge on any atom is -0.298 e. The van der Waals surface area contributed by atoms with Gasteiger partial charge in [0.25, 0.3) is 0 Å². The van der Waals surface area contributed by atoms with Gasteiger partial charge in [-0.05, 0) is 44.1 Å². The van der Waals surface area contributed by atoms with Gasteiger partial charge >= 0.3 is 0 Å². The Bertz CT molecular complexity index is 269. The molecule has 2 aliphatic carbocycles. The maximum Gasteiger partial charge on any atom is 0.147 e. The number of carbonyl (C=O) groups is 1. The fourth-order valence-corrected chi connectivity index (χ4v) is 3.99. The van der Waals surface area contributed by atoms with E-state index in [0.29, 0.717) is 11.2 Å². The second kappa shape index (κ2) is 2.17. The first-order valence-corrected chi connectivity index (χ1v) is 5.37. The van der Waals surface area contributed by atoms with Crippen molar-refractivity contribution in [3.8, 4) is 0 Å². The summed E-state index contributed by atoms with van der Waals surface area (Å²) < 4.78 is 0. The maximum atomic E-state index is 11.5. The largest absolute Gasteiger partial charge is 0.298 e. The molecular formula is C11H17NO. The van der Waals surface area contributed by atoms with Crippen molar-refractivity contribution >= 4 is 5.78 Å². The molecule has 0 amide bonds. The molecule has 2 nitrogen and oxygen atoms in total. The van der Waals surface area contributed by atoms with Crippen LogP contribution in [0.15, 0.2) is 0 Å². The summed E-state index contributed by atoms with van der Waals surface area (Å²) in [7, 11) is 2.10. The fourth-order valence-electron chi connectivity index (χ4n) is 3.99. The number of hydrogen-bond donors (Lipinski definition) is 0. The van der Waals surface area contributed by atoms with Crippen molar-refractivity contribution in [1.29, 1.82) is 0 Å². The molecule has 0 aromatic heterocycles. The summed E-state index contributed by atoms with van der Waals surface area (Å²) in [5.74, 6) is 2.00. The third-order valence-electron chi connectivity index (χ3n) is 4.73. The normalized spacial score (nSPS) is 45.8. The van der Waals surface area contributed by atoms with Crippen LogP contribution in [0.5, 0.6) is 0 Å². The number of hydrogen-bond acceptors (Lipinski definition) is 2. The summed E-state index contributed by atoms with van der Waals surface area (Å²) in [5, 5.41) is 0. The molecule has 1 aliphatic heterocycles. The zero-order valence-electron chi connectivity index (χ0n) is 8.42. The van der Waals surface area contributed by atoms with Gasteiger partial charge in [0.15, 0.2) is 0 Å². The third-order valence-corrected chi connectivity index (χ3v) is 4.73. The van der Waals surface area contributed by atoms with Crippen molar-refractivity contribution in [3.63, 3.8) is 0 Å². The lowest BCUT2D eigenvalue weighted by Crippen LogP contribution is -2.40. The first-order chi connectivity index (χ1) is 6.17. The highest BCUT2D eigenvalue weighted by Gasteiger charge is 2.73. The molecule has 0 unspecified atom stereocenters. The Hall–Kier alpha value is -0.370. The molecule has 0 radical (unpaired) electrons. The highest BCUT2D eigenvalue weighted by Crippen LogP contribution is 2.74. The Balaban J connectivity index is 1.84. The zero-order valence-corrected chi connectivity index (χ0v) is 8.42. The number of rotatable bonds is 1. The van der Waals surface area contributed by atoms with Crippen LogP contribution in [0.2, 0.25) is 0 Å². The van der Waals surface area contributed by atoms with Crippen LogP contribution < -0.4 is 0 Å². The summed E-state index contributed by atoms with van der Waals surface area (Å²) >= 11 is 0. The van der Waals surface area contributed by atoms with Gasteiger partial charge < -0.3 is 0 Å². The molecule has 0 aromatic rings. The molecular weight excluding hydrogens is 162 g/mol. The van der Waals surface area contributed by atoms with Crippen LogP contribution in [-0.4, -0.2) is 30.3 Å². The number of Topliss-reactive ketones (excluding diaryl/α,β-unsaturated/α-hetero) is 1. The highest BCUT2D eigenvalue weighted by atomic mass is 16.1. The van der Waals surface area contributed by atoms with Crippen LogP contribution in [0.25, 0.3) is 0 Å². The predicted octanol–water partition coefficient (Wildman–Crippen LogP) is 1.31. The van der Waals surface area contributed by atoms with E-state index in [4.69, 9.17) is 0 Å². The maximum absolute atomic E-state index is 11.5. The van der Waals surface area contributed by atoms with Gasteiger partial charge in [-0.15, -0.1) is 0 Å². The fraction of sp³-hybridized carbons (Fsp3) is 0.909. The van der Waals surface area contributed by atoms with E-state index in [1.54, 1.807) is 6.92 Å². The molecule has 2 saturated carbocycles. The number of fused-ring (bicyclic) bond motifs is 3. The second-order valence-electron chi connectivity index (χ2n) is 5.21. The van der Waals surface area contributed by atoms with Crippen LogP contribution in [0.1, 0.15) is 26.2 Å². The topological polar surface area (TPSA) is 20.3 Å². The molecule has 0 N–H and O–H groups in total. The van der Waals surface area contributed by atoms with Gasteiger partial charge in [-0.1, -0.05) is 6.42 Å². The summed E-state index contributed by atoms with van der Waals surface area (Å²) in [5.41, 5.74) is 0.656. The molecule has 3 fully saturated rings. The molecule has 2 heteroatoms. The monoisotopic (exact) mass is 179 g/mol. The van der Waals surface area contributed by atoms with Crippen molar-refractivity contribution < 1.29 is 4.79 Å². The van der Waals surface area contributed by atoms with Crippen LogP contribution in [0.4, 0.5) is 0 Å². The van der Waals surface area contributed by atoms with Crippen LogP contribution in [0.3, 0.4) is 0 Å². The number of nitrogens with zero attached hydrogens (tertiary/aromatic N) is 1. The van der Waals surface area contributed by atoms with Gasteiger partial charge in [0.2, 0.25) is 0 Å². The third kappa shape index (κ3) is 0.762. The highest BCUT2D eigenvalue weighted by molar-refractivity contribution is 5.83. The smallest absolute Gasteiger partial charge is 0.147 e. The molecule has 3 rings (SSSR count). The van der Waals surface area contributed by atoms with Crippen molar-refractivity contribution in [2.75, 3.05) is 13.6 Å². The molecule has 13 heavy (non-hydrogen) atoms. The lowest BCUT2D eigenvalue weighted by atomic mass is 9.76. The Morgan fingerprint density at radius 3 is 2.62 bits per heavy atom. The zero-order chi connectivity index (χ0) is 9.22. The standard InChI is InChI=1S/C11H17NO/c1-7(13)10-9-8(6-12(10)2)11(9)4-3-5-11/h8-10H,3-6H2,1-2H3/t8-,9-,10+/m0/s1. The van der Waals surface area contributed by atoms with Gasteiger partial charge in [-0.2, -0.15) is 0 Å². The number of likely N-dealkylation sites (N-methyl/N-ethyl adjacent to an activating group) is 1. The lowest BCUT2D eigenvalue weighted by Gasteiger charge is -2.35. The Kier molecular flexibility index (Phi) is 1.33. The van der Waals surface area contributed by atoms with E-state index in [2.05, 4.69) is 11.9 Å². The molecule has 3 aliphatic rings. The van der Waals surface area contributed by atoms with Gasteiger partial charge in [-0.25, -0.2) is 0 Å². The molecule has 3 atom stereocenters. The minimum absolute atomic E-state index is 0.269. The summed E-state index contributed by atoms with van der Waals surface area (Å²) in [6, 6.07) is 0.269. The van der Waals surface area contributed by atoms with E-state index in [0.717, 1.165) is 11.8 Å². The molecule has 72 valence electrons. The van der Waals surface area contributed by atoms with Crippen molar-refractivity contribution in [2.45, 2.75) is 32.2 Å². The Morgan fingerprint density at radius 2 is 2.15 bits per heavy atom. The van der Waals surface area contributed by atoms with E-state index < -0.39 is 0 Å². The Labute approximate surface area is 79.3 Å². The average molecular weight is 179 g/mol. The minimum atomic E-state index is 0.269.